The van der Waals surface area contributed by atoms with Crippen LogP contribution in [-0.4, -0.2) is 30.5 Å². The number of aromatic nitrogens is 1. The third kappa shape index (κ3) is 5.85. The first-order chi connectivity index (χ1) is 19.0. The number of carbonyl (C=O) groups excluding carboxylic acids is 1. The topological polar surface area (TPSA) is 75.0 Å². The number of ketones is 1. The van der Waals surface area contributed by atoms with Crippen molar-refractivity contribution in [2.45, 2.75) is 18.8 Å². The molecular weight excluding hydrogens is 513 g/mol. The Balaban J connectivity index is 1.45. The third-order valence-electron chi connectivity index (χ3n) is 7.48. The standard InChI is InChI=1S/C32H27ClFN3O2/c33-27-10-6-25(7-11-27)29-21-36-17-15-32(29,16-18-39-30-14-1-22(19-35)20-37-30)31(38)26-4-2-23(3-5-26)24-8-12-28(34)13-9-24/h1-14,20,29,36H,15-18,21H2/t29-,32-/m0/s1. The van der Waals surface area contributed by atoms with E-state index in [2.05, 4.69) is 16.4 Å². The summed E-state index contributed by atoms with van der Waals surface area (Å²) < 4.78 is 19.3. The first kappa shape index (κ1) is 26.6. The summed E-state index contributed by atoms with van der Waals surface area (Å²) in [5.41, 5.74) is 3.20. The summed E-state index contributed by atoms with van der Waals surface area (Å²) in [7, 11) is 0. The fraction of sp³-hybridized carbons (Fsp3) is 0.219. The Hall–Kier alpha value is -4.05. The smallest absolute Gasteiger partial charge is 0.213 e. The Morgan fingerprint density at radius 1 is 1.03 bits per heavy atom. The predicted octanol–water partition coefficient (Wildman–Crippen LogP) is 6.83. The molecule has 4 aromatic rings. The highest BCUT2D eigenvalue weighted by molar-refractivity contribution is 6.30. The van der Waals surface area contributed by atoms with Gasteiger partial charge in [-0.3, -0.25) is 4.79 Å². The van der Waals surface area contributed by atoms with Crippen molar-refractivity contribution in [3.05, 3.63) is 119 Å². The second-order valence-electron chi connectivity index (χ2n) is 9.72. The van der Waals surface area contributed by atoms with Gasteiger partial charge in [0.2, 0.25) is 5.88 Å². The number of hydrogen-bond donors (Lipinski definition) is 1. The Morgan fingerprint density at radius 2 is 1.72 bits per heavy atom. The first-order valence-corrected chi connectivity index (χ1v) is 13.2. The van der Waals surface area contributed by atoms with Crippen LogP contribution in [0.2, 0.25) is 5.02 Å². The lowest BCUT2D eigenvalue weighted by atomic mass is 9.62. The number of halogens is 2. The van der Waals surface area contributed by atoms with Gasteiger partial charge in [0.1, 0.15) is 11.9 Å². The number of ether oxygens (including phenoxy) is 1. The average Bonchev–Trinajstić information content (AvgIpc) is 2.98. The summed E-state index contributed by atoms with van der Waals surface area (Å²) in [5.74, 6) is 0.0959. The van der Waals surface area contributed by atoms with Gasteiger partial charge in [0, 0.05) is 40.7 Å². The van der Waals surface area contributed by atoms with Crippen LogP contribution < -0.4 is 10.1 Å². The molecule has 0 unspecified atom stereocenters. The summed E-state index contributed by atoms with van der Waals surface area (Å²) >= 11 is 6.18. The van der Waals surface area contributed by atoms with E-state index < -0.39 is 5.41 Å². The fourth-order valence-electron chi connectivity index (χ4n) is 5.36. The van der Waals surface area contributed by atoms with Gasteiger partial charge >= 0.3 is 0 Å². The third-order valence-corrected chi connectivity index (χ3v) is 7.73. The molecule has 2 atom stereocenters. The van der Waals surface area contributed by atoms with E-state index in [9.17, 15) is 9.18 Å². The number of piperidine rings is 1. The Morgan fingerprint density at radius 3 is 2.36 bits per heavy atom. The summed E-state index contributed by atoms with van der Waals surface area (Å²) in [6, 6.07) is 26.9. The van der Waals surface area contributed by atoms with Crippen LogP contribution in [0, 0.1) is 22.6 Å². The van der Waals surface area contributed by atoms with E-state index >= 15 is 0 Å². The number of pyridine rings is 1. The van der Waals surface area contributed by atoms with Gasteiger partial charge in [-0.25, -0.2) is 9.37 Å². The second-order valence-corrected chi connectivity index (χ2v) is 10.2. The highest BCUT2D eigenvalue weighted by Crippen LogP contribution is 2.46. The van der Waals surface area contributed by atoms with Crippen LogP contribution in [0.3, 0.4) is 0 Å². The molecule has 1 N–H and O–H groups in total. The number of rotatable bonds is 8. The molecule has 5 rings (SSSR count). The summed E-state index contributed by atoms with van der Waals surface area (Å²) in [6.45, 7) is 1.65. The normalized spacial score (nSPS) is 18.7. The molecule has 1 fully saturated rings. The van der Waals surface area contributed by atoms with E-state index in [4.69, 9.17) is 21.6 Å². The number of carbonyl (C=O) groups is 1. The highest BCUT2D eigenvalue weighted by atomic mass is 35.5. The van der Waals surface area contributed by atoms with Crippen molar-refractivity contribution in [3.63, 3.8) is 0 Å². The highest BCUT2D eigenvalue weighted by Gasteiger charge is 2.47. The lowest BCUT2D eigenvalue weighted by Gasteiger charge is -2.44. The minimum Gasteiger partial charge on any atom is -0.478 e. The van der Waals surface area contributed by atoms with Gasteiger partial charge in [-0.05, 0) is 66.4 Å². The fourth-order valence-corrected chi connectivity index (χ4v) is 5.48. The minimum atomic E-state index is -0.719. The van der Waals surface area contributed by atoms with Crippen LogP contribution in [0.25, 0.3) is 11.1 Å². The number of hydrogen-bond acceptors (Lipinski definition) is 5. The van der Waals surface area contributed by atoms with Gasteiger partial charge in [-0.15, -0.1) is 0 Å². The number of Topliss-reactive ketones (excluding diaryl/α,β-unsaturated/α-hetero) is 1. The molecule has 0 saturated carbocycles. The molecule has 3 aromatic carbocycles. The van der Waals surface area contributed by atoms with Crippen LogP contribution in [-0.2, 0) is 0 Å². The maximum Gasteiger partial charge on any atom is 0.213 e. The Bertz CT molecular complexity index is 1470. The van der Waals surface area contributed by atoms with Crippen molar-refractivity contribution in [1.29, 1.82) is 5.26 Å². The van der Waals surface area contributed by atoms with Crippen LogP contribution in [0.15, 0.2) is 91.1 Å². The molecule has 196 valence electrons. The monoisotopic (exact) mass is 539 g/mol. The van der Waals surface area contributed by atoms with Crippen LogP contribution in [0.1, 0.15) is 40.2 Å². The summed E-state index contributed by atoms with van der Waals surface area (Å²) in [4.78, 5) is 18.6. The molecule has 2 heterocycles. The molecule has 5 nitrogen and oxygen atoms in total. The Labute approximate surface area is 232 Å². The molecule has 0 radical (unpaired) electrons. The van der Waals surface area contributed by atoms with Crippen molar-refractivity contribution in [2.75, 3.05) is 19.7 Å². The lowest BCUT2D eigenvalue weighted by molar-refractivity contribution is 0.0598. The zero-order valence-corrected chi connectivity index (χ0v) is 22.0. The van der Waals surface area contributed by atoms with Gasteiger partial charge in [0.25, 0.3) is 0 Å². The van der Waals surface area contributed by atoms with Crippen molar-refractivity contribution >= 4 is 17.4 Å². The molecule has 0 spiro atoms. The van der Waals surface area contributed by atoms with E-state index in [0.29, 0.717) is 54.6 Å². The molecule has 1 aliphatic rings. The van der Waals surface area contributed by atoms with Crippen LogP contribution in [0.4, 0.5) is 4.39 Å². The quantitative estimate of drug-likeness (QED) is 0.248. The van der Waals surface area contributed by atoms with Gasteiger partial charge in [0.15, 0.2) is 5.78 Å². The molecule has 1 saturated heterocycles. The van der Waals surface area contributed by atoms with E-state index in [-0.39, 0.29) is 17.5 Å². The maximum atomic E-state index is 14.4. The largest absolute Gasteiger partial charge is 0.478 e. The number of nitrogens with zero attached hydrogens (tertiary/aromatic N) is 2. The summed E-state index contributed by atoms with van der Waals surface area (Å²) in [5, 5.41) is 13.1. The van der Waals surface area contributed by atoms with Crippen molar-refractivity contribution in [2.24, 2.45) is 5.41 Å². The molecule has 39 heavy (non-hydrogen) atoms. The molecule has 0 aliphatic carbocycles. The molecule has 0 bridgehead atoms. The Kier molecular flexibility index (Phi) is 8.02. The molecule has 1 aliphatic heterocycles. The van der Waals surface area contributed by atoms with Crippen LogP contribution in [0.5, 0.6) is 5.88 Å². The molecule has 0 amide bonds. The van der Waals surface area contributed by atoms with E-state index in [0.717, 1.165) is 16.7 Å². The van der Waals surface area contributed by atoms with Crippen molar-refractivity contribution in [1.82, 2.24) is 10.3 Å². The van der Waals surface area contributed by atoms with Gasteiger partial charge in [-0.1, -0.05) is 60.1 Å². The maximum absolute atomic E-state index is 14.4. The zero-order chi connectivity index (χ0) is 27.2. The first-order valence-electron chi connectivity index (χ1n) is 12.8. The predicted molar refractivity (Wildman–Crippen MR) is 149 cm³/mol. The lowest BCUT2D eigenvalue weighted by Crippen LogP contribution is -2.49. The van der Waals surface area contributed by atoms with Gasteiger partial charge in [0.05, 0.1) is 12.2 Å². The van der Waals surface area contributed by atoms with E-state index in [1.165, 1.54) is 18.3 Å². The van der Waals surface area contributed by atoms with Gasteiger partial charge < -0.3 is 10.1 Å². The summed E-state index contributed by atoms with van der Waals surface area (Å²) in [6.07, 6.45) is 2.60. The number of benzene rings is 3. The average molecular weight is 540 g/mol. The SMILES string of the molecule is N#Cc1ccc(OCC[C@@]2(C(=O)c3ccc(-c4ccc(F)cc4)cc3)CCNC[C@H]2c2ccc(Cl)cc2)nc1. The van der Waals surface area contributed by atoms with E-state index in [1.54, 1.807) is 24.3 Å². The molecule has 1 aromatic heterocycles. The zero-order valence-electron chi connectivity index (χ0n) is 21.2. The van der Waals surface area contributed by atoms with Crippen LogP contribution >= 0.6 is 11.6 Å². The second kappa shape index (κ2) is 11.8. The van der Waals surface area contributed by atoms with E-state index in [1.807, 2.05) is 48.5 Å². The van der Waals surface area contributed by atoms with Crippen molar-refractivity contribution in [3.8, 4) is 23.1 Å². The van der Waals surface area contributed by atoms with Gasteiger partial charge in [-0.2, -0.15) is 5.26 Å². The molecular formula is C32H27ClFN3O2. The molecule has 7 heteroatoms. The van der Waals surface area contributed by atoms with Crippen molar-refractivity contribution < 1.29 is 13.9 Å². The number of nitrogens with one attached hydrogen (secondary N) is 1. The number of nitriles is 1. The minimum absolute atomic E-state index is 0.0611.